The molecule has 1 aliphatic heterocycles. The Bertz CT molecular complexity index is 576. The van der Waals surface area contributed by atoms with Crippen molar-refractivity contribution in [3.8, 4) is 0 Å². The summed E-state index contributed by atoms with van der Waals surface area (Å²) in [4.78, 5) is 22.4. The second kappa shape index (κ2) is 7.12. The van der Waals surface area contributed by atoms with Crippen LogP contribution >= 0.6 is 0 Å². The van der Waals surface area contributed by atoms with Crippen molar-refractivity contribution in [3.63, 3.8) is 0 Å². The number of primary amides is 1. The Morgan fingerprint density at radius 2 is 2.09 bits per heavy atom. The number of likely N-dealkylation sites (tertiary alicyclic amines) is 1. The van der Waals surface area contributed by atoms with Gasteiger partial charge in [0.05, 0.1) is 11.6 Å². The summed E-state index contributed by atoms with van der Waals surface area (Å²) in [5.41, 5.74) is 13.6. The summed E-state index contributed by atoms with van der Waals surface area (Å²) in [7, 11) is 0. The molecule has 0 radical (unpaired) electrons. The molecule has 1 fully saturated rings. The van der Waals surface area contributed by atoms with Gasteiger partial charge in [-0.05, 0) is 45.1 Å². The van der Waals surface area contributed by atoms with Gasteiger partial charge < -0.3 is 21.7 Å². The molecule has 0 saturated carbocycles. The number of nitrogens with one attached hydrogen (secondary N) is 1. The van der Waals surface area contributed by atoms with Crippen molar-refractivity contribution in [1.29, 1.82) is 0 Å². The zero-order valence-corrected chi connectivity index (χ0v) is 13.6. The Morgan fingerprint density at radius 3 is 2.91 bits per heavy atom. The largest absolute Gasteiger partial charge is 0.369 e. The number of anilines is 2. The van der Waals surface area contributed by atoms with E-state index in [0.29, 0.717) is 5.95 Å². The van der Waals surface area contributed by atoms with Crippen LogP contribution in [0.15, 0.2) is 0 Å². The first-order valence-corrected chi connectivity index (χ1v) is 8.54. The van der Waals surface area contributed by atoms with E-state index >= 15 is 0 Å². The number of piperidine rings is 1. The van der Waals surface area contributed by atoms with Crippen LogP contribution in [0.5, 0.6) is 0 Å². The quantitative estimate of drug-likeness (QED) is 0.731. The fourth-order valence-electron chi connectivity index (χ4n) is 3.58. The highest BCUT2D eigenvalue weighted by Crippen LogP contribution is 2.26. The third kappa shape index (κ3) is 3.90. The standard InChI is InChI=1S/C16H26N6O/c17-14(23)11-4-3-8-22(10-11)9-7-19-15-12-5-1-2-6-13(12)20-16(18)21-15/h11H,1-10H2,(H2,17,23)(H3,18,19,20,21)/t11-/m0/s1. The van der Waals surface area contributed by atoms with Gasteiger partial charge in [0.15, 0.2) is 0 Å². The summed E-state index contributed by atoms with van der Waals surface area (Å²) in [6.07, 6.45) is 6.31. The minimum absolute atomic E-state index is 0.00814. The summed E-state index contributed by atoms with van der Waals surface area (Å²) in [6.45, 7) is 3.45. The van der Waals surface area contributed by atoms with Crippen molar-refractivity contribution in [2.24, 2.45) is 11.7 Å². The third-order valence-electron chi connectivity index (χ3n) is 4.83. The molecular weight excluding hydrogens is 292 g/mol. The van der Waals surface area contributed by atoms with E-state index in [-0.39, 0.29) is 11.8 Å². The molecule has 5 N–H and O–H groups in total. The summed E-state index contributed by atoms with van der Waals surface area (Å²) in [5, 5.41) is 3.42. The highest BCUT2D eigenvalue weighted by atomic mass is 16.1. The van der Waals surface area contributed by atoms with Crippen LogP contribution in [-0.2, 0) is 17.6 Å². The van der Waals surface area contributed by atoms with Crippen LogP contribution in [-0.4, -0.2) is 47.0 Å². The molecule has 1 saturated heterocycles. The van der Waals surface area contributed by atoms with Crippen molar-refractivity contribution in [3.05, 3.63) is 11.3 Å². The molecule has 1 aromatic rings. The zero-order chi connectivity index (χ0) is 16.2. The minimum atomic E-state index is -0.180. The molecule has 7 nitrogen and oxygen atoms in total. The summed E-state index contributed by atoms with van der Waals surface area (Å²) in [6, 6.07) is 0. The molecule has 23 heavy (non-hydrogen) atoms. The third-order valence-corrected chi connectivity index (χ3v) is 4.83. The van der Waals surface area contributed by atoms with E-state index in [1.165, 1.54) is 18.4 Å². The van der Waals surface area contributed by atoms with Crippen LogP contribution in [0.2, 0.25) is 0 Å². The van der Waals surface area contributed by atoms with Crippen LogP contribution in [0.3, 0.4) is 0 Å². The number of hydrogen-bond acceptors (Lipinski definition) is 6. The van der Waals surface area contributed by atoms with E-state index in [9.17, 15) is 4.79 Å². The maximum atomic E-state index is 11.3. The second-order valence-electron chi connectivity index (χ2n) is 6.53. The fourth-order valence-corrected chi connectivity index (χ4v) is 3.58. The Hall–Kier alpha value is -1.89. The lowest BCUT2D eigenvalue weighted by Gasteiger charge is -2.31. The van der Waals surface area contributed by atoms with Gasteiger partial charge in [-0.25, -0.2) is 4.98 Å². The molecule has 126 valence electrons. The van der Waals surface area contributed by atoms with E-state index in [4.69, 9.17) is 11.5 Å². The highest BCUT2D eigenvalue weighted by molar-refractivity contribution is 5.76. The summed E-state index contributed by atoms with van der Waals surface area (Å²) >= 11 is 0. The number of amides is 1. The van der Waals surface area contributed by atoms with Crippen molar-refractivity contribution in [2.45, 2.75) is 38.5 Å². The molecule has 1 atom stereocenters. The number of aromatic nitrogens is 2. The van der Waals surface area contributed by atoms with Crippen LogP contribution < -0.4 is 16.8 Å². The number of nitrogens with zero attached hydrogens (tertiary/aromatic N) is 3. The van der Waals surface area contributed by atoms with E-state index in [2.05, 4.69) is 20.2 Å². The zero-order valence-electron chi connectivity index (χ0n) is 13.6. The number of nitrogens with two attached hydrogens (primary N) is 2. The van der Waals surface area contributed by atoms with Gasteiger partial charge in [-0.2, -0.15) is 4.98 Å². The monoisotopic (exact) mass is 318 g/mol. The fraction of sp³-hybridized carbons (Fsp3) is 0.688. The highest BCUT2D eigenvalue weighted by Gasteiger charge is 2.23. The van der Waals surface area contributed by atoms with Gasteiger partial charge in [-0.15, -0.1) is 0 Å². The molecule has 7 heteroatoms. The predicted molar refractivity (Wildman–Crippen MR) is 89.9 cm³/mol. The summed E-state index contributed by atoms with van der Waals surface area (Å²) < 4.78 is 0. The number of carbonyl (C=O) groups excluding carboxylic acids is 1. The smallest absolute Gasteiger partial charge is 0.222 e. The van der Waals surface area contributed by atoms with Crippen molar-refractivity contribution < 1.29 is 4.79 Å². The van der Waals surface area contributed by atoms with E-state index in [1.807, 2.05) is 0 Å². The number of fused-ring (bicyclic) bond motifs is 1. The Morgan fingerprint density at radius 1 is 1.26 bits per heavy atom. The van der Waals surface area contributed by atoms with Gasteiger partial charge in [0.1, 0.15) is 5.82 Å². The van der Waals surface area contributed by atoms with E-state index in [0.717, 1.165) is 63.4 Å². The predicted octanol–water partition coefficient (Wildman–Crippen LogP) is 0.547. The molecule has 2 aliphatic rings. The normalized spacial score (nSPS) is 21.7. The lowest BCUT2D eigenvalue weighted by Crippen LogP contribution is -2.42. The van der Waals surface area contributed by atoms with Crippen LogP contribution in [0.1, 0.15) is 36.9 Å². The first-order chi connectivity index (χ1) is 11.1. The van der Waals surface area contributed by atoms with Crippen molar-refractivity contribution in [1.82, 2.24) is 14.9 Å². The molecule has 1 aliphatic carbocycles. The average Bonchev–Trinajstić information content (AvgIpc) is 2.55. The maximum absolute atomic E-state index is 11.3. The number of hydrogen-bond donors (Lipinski definition) is 3. The molecule has 0 unspecified atom stereocenters. The van der Waals surface area contributed by atoms with E-state index < -0.39 is 0 Å². The van der Waals surface area contributed by atoms with Gasteiger partial charge in [0.2, 0.25) is 11.9 Å². The summed E-state index contributed by atoms with van der Waals surface area (Å²) in [5.74, 6) is 1.04. The van der Waals surface area contributed by atoms with Gasteiger partial charge in [-0.3, -0.25) is 4.79 Å². The van der Waals surface area contributed by atoms with Crippen LogP contribution in [0.4, 0.5) is 11.8 Å². The Balaban J connectivity index is 1.56. The molecule has 1 amide bonds. The van der Waals surface area contributed by atoms with Gasteiger partial charge in [0, 0.05) is 25.2 Å². The molecule has 2 heterocycles. The Kier molecular flexibility index (Phi) is 4.95. The second-order valence-corrected chi connectivity index (χ2v) is 6.53. The molecule has 0 aromatic carbocycles. The number of nitrogen functional groups attached to an aromatic ring is 1. The number of aryl methyl sites for hydroxylation is 1. The molecule has 0 bridgehead atoms. The minimum Gasteiger partial charge on any atom is -0.369 e. The lowest BCUT2D eigenvalue weighted by molar-refractivity contribution is -0.123. The first kappa shape index (κ1) is 16.0. The SMILES string of the molecule is NC(=O)[C@H]1CCCN(CCNc2nc(N)nc3c2CCCC3)C1. The average molecular weight is 318 g/mol. The first-order valence-electron chi connectivity index (χ1n) is 8.54. The molecule has 0 spiro atoms. The van der Waals surface area contributed by atoms with Crippen molar-refractivity contribution in [2.75, 3.05) is 37.2 Å². The molecule has 3 rings (SSSR count). The van der Waals surface area contributed by atoms with Crippen molar-refractivity contribution >= 4 is 17.7 Å². The van der Waals surface area contributed by atoms with E-state index in [1.54, 1.807) is 0 Å². The van der Waals surface area contributed by atoms with Crippen LogP contribution in [0.25, 0.3) is 0 Å². The maximum Gasteiger partial charge on any atom is 0.222 e. The van der Waals surface area contributed by atoms with Gasteiger partial charge >= 0.3 is 0 Å². The number of rotatable bonds is 5. The molecule has 1 aromatic heterocycles. The number of carbonyl (C=O) groups is 1. The lowest BCUT2D eigenvalue weighted by atomic mass is 9.96. The van der Waals surface area contributed by atoms with Crippen LogP contribution in [0, 0.1) is 5.92 Å². The van der Waals surface area contributed by atoms with Gasteiger partial charge in [0.25, 0.3) is 0 Å². The topological polar surface area (TPSA) is 110 Å². The van der Waals surface area contributed by atoms with Gasteiger partial charge in [-0.1, -0.05) is 0 Å². The molecular formula is C16H26N6O. The Labute approximate surface area is 136 Å².